The topological polar surface area (TPSA) is 58.6 Å². The zero-order valence-electron chi connectivity index (χ0n) is 16.4. The Morgan fingerprint density at radius 2 is 1.89 bits per heavy atom. The van der Waals surface area contributed by atoms with Gasteiger partial charge in [-0.1, -0.05) is 18.2 Å². The van der Waals surface area contributed by atoms with Crippen molar-refractivity contribution in [2.24, 2.45) is 5.92 Å². The van der Waals surface area contributed by atoms with Gasteiger partial charge in [-0.05, 0) is 37.3 Å². The average molecular weight is 399 g/mol. The molecule has 1 amide bonds. The Morgan fingerprint density at radius 1 is 1.18 bits per heavy atom. The molecule has 0 saturated carbocycles. The number of hydrogen-bond acceptors (Lipinski definition) is 5. The Labute approximate surface area is 170 Å². The van der Waals surface area contributed by atoms with Gasteiger partial charge in [-0.2, -0.15) is 0 Å². The van der Waals surface area contributed by atoms with E-state index in [0.29, 0.717) is 32.7 Å². The van der Waals surface area contributed by atoms with Gasteiger partial charge in [-0.25, -0.2) is 0 Å². The summed E-state index contributed by atoms with van der Waals surface area (Å²) >= 11 is 1.69. The van der Waals surface area contributed by atoms with Crippen LogP contribution in [0.3, 0.4) is 0 Å². The number of Topliss-reactive ketones (excluding diaryl/α,β-unsaturated/α-hetero) is 1. The second-order valence-corrected chi connectivity index (χ2v) is 8.34. The molecular formula is C22H26N2O3S. The number of benzene rings is 1. The quantitative estimate of drug-likeness (QED) is 0.793. The van der Waals surface area contributed by atoms with Crippen molar-refractivity contribution in [3.8, 4) is 0 Å². The monoisotopic (exact) mass is 398 g/mol. The molecule has 1 aliphatic carbocycles. The zero-order valence-corrected chi connectivity index (χ0v) is 17.2. The fraction of sp³-hybridized carbons (Fsp3) is 0.455. The highest BCUT2D eigenvalue weighted by molar-refractivity contribution is 7.98. The van der Waals surface area contributed by atoms with Gasteiger partial charge in [-0.15, -0.1) is 11.8 Å². The molecule has 28 heavy (non-hydrogen) atoms. The SMILES string of the molecule is CSc1ccc(C2C(C(=O)N3CCOCC3)=C(C)NC3=CCCC(=O)C32)cc1. The Hall–Kier alpha value is -2.05. The maximum Gasteiger partial charge on any atom is 0.252 e. The van der Waals surface area contributed by atoms with Crippen LogP contribution in [0.4, 0.5) is 0 Å². The Morgan fingerprint density at radius 3 is 2.57 bits per heavy atom. The number of ketones is 1. The fourth-order valence-corrected chi connectivity index (χ4v) is 4.81. The number of morpholine rings is 1. The largest absolute Gasteiger partial charge is 0.378 e. The first kappa shape index (κ1) is 19.3. The van der Waals surface area contributed by atoms with E-state index in [0.717, 1.165) is 29.0 Å². The zero-order chi connectivity index (χ0) is 19.7. The summed E-state index contributed by atoms with van der Waals surface area (Å²) in [5.41, 5.74) is 3.55. The van der Waals surface area contributed by atoms with Crippen LogP contribution in [-0.2, 0) is 14.3 Å². The van der Waals surface area contributed by atoms with Gasteiger partial charge in [0.1, 0.15) is 5.78 Å². The highest BCUT2D eigenvalue weighted by Crippen LogP contribution is 2.44. The minimum atomic E-state index is -0.308. The molecule has 6 heteroatoms. The van der Waals surface area contributed by atoms with E-state index in [1.165, 1.54) is 4.90 Å². The van der Waals surface area contributed by atoms with Crippen LogP contribution in [-0.4, -0.2) is 49.1 Å². The lowest BCUT2D eigenvalue weighted by atomic mass is 9.70. The molecule has 0 spiro atoms. The van der Waals surface area contributed by atoms with E-state index in [1.807, 2.05) is 18.1 Å². The number of thioether (sulfide) groups is 1. The standard InChI is InChI=1S/C22H26N2O3S/c1-14-19(22(26)24-10-12-27-13-11-24)20(15-6-8-16(28-2)9-7-15)21-17(23-14)4-3-5-18(21)25/h4,6-9,20-21,23H,3,5,10-13H2,1-2H3. The summed E-state index contributed by atoms with van der Waals surface area (Å²) in [5.74, 6) is -0.322. The summed E-state index contributed by atoms with van der Waals surface area (Å²) in [6.45, 7) is 4.26. The van der Waals surface area contributed by atoms with E-state index in [1.54, 1.807) is 11.8 Å². The molecule has 1 aromatic rings. The number of hydrogen-bond donors (Lipinski definition) is 1. The molecule has 0 aromatic heterocycles. The normalized spacial score (nSPS) is 25.1. The third kappa shape index (κ3) is 3.51. The molecule has 148 valence electrons. The lowest BCUT2D eigenvalue weighted by Gasteiger charge is -2.40. The Bertz CT molecular complexity index is 838. The molecule has 0 radical (unpaired) electrons. The number of carbonyl (C=O) groups is 2. The second-order valence-electron chi connectivity index (χ2n) is 7.46. The highest BCUT2D eigenvalue weighted by atomic mass is 32.2. The third-order valence-corrected chi connectivity index (χ3v) is 6.56. The predicted octanol–water partition coefficient (Wildman–Crippen LogP) is 3.09. The number of ether oxygens (including phenoxy) is 1. The number of amides is 1. The first-order valence-electron chi connectivity index (χ1n) is 9.81. The Kier molecular flexibility index (Phi) is 5.60. The molecule has 2 unspecified atom stereocenters. The molecule has 5 nitrogen and oxygen atoms in total. The van der Waals surface area contributed by atoms with E-state index < -0.39 is 0 Å². The molecule has 0 bridgehead atoms. The minimum absolute atomic E-state index is 0.0182. The average Bonchev–Trinajstić information content (AvgIpc) is 2.73. The molecule has 1 fully saturated rings. The van der Waals surface area contributed by atoms with Crippen LogP contribution in [0.25, 0.3) is 0 Å². The van der Waals surface area contributed by atoms with Crippen molar-refractivity contribution >= 4 is 23.5 Å². The van der Waals surface area contributed by atoms with Gasteiger partial charge in [0.15, 0.2) is 0 Å². The summed E-state index contributed by atoms with van der Waals surface area (Å²) in [4.78, 5) is 29.5. The number of rotatable bonds is 3. The Balaban J connectivity index is 1.79. The van der Waals surface area contributed by atoms with Gasteiger partial charge in [0.2, 0.25) is 0 Å². The van der Waals surface area contributed by atoms with Crippen LogP contribution in [0.15, 0.2) is 52.2 Å². The van der Waals surface area contributed by atoms with Crippen LogP contribution in [0, 0.1) is 5.92 Å². The van der Waals surface area contributed by atoms with Gasteiger partial charge < -0.3 is 15.0 Å². The summed E-state index contributed by atoms with van der Waals surface area (Å²) < 4.78 is 5.41. The fourth-order valence-electron chi connectivity index (χ4n) is 4.40. The molecule has 2 atom stereocenters. The first-order valence-corrected chi connectivity index (χ1v) is 11.0. The van der Waals surface area contributed by atoms with Gasteiger partial charge in [0, 0.05) is 47.3 Å². The summed E-state index contributed by atoms with van der Waals surface area (Å²) in [6, 6.07) is 8.29. The van der Waals surface area contributed by atoms with Crippen molar-refractivity contribution in [2.45, 2.75) is 30.6 Å². The molecule has 3 aliphatic rings. The molecule has 4 rings (SSSR count). The van der Waals surface area contributed by atoms with Crippen LogP contribution in [0.2, 0.25) is 0 Å². The van der Waals surface area contributed by atoms with Crippen LogP contribution in [0.1, 0.15) is 31.2 Å². The van der Waals surface area contributed by atoms with Gasteiger partial charge in [0.25, 0.3) is 5.91 Å². The van der Waals surface area contributed by atoms with Crippen LogP contribution in [0.5, 0.6) is 0 Å². The second kappa shape index (κ2) is 8.13. The van der Waals surface area contributed by atoms with Crippen molar-refractivity contribution in [1.82, 2.24) is 10.2 Å². The number of nitrogens with zero attached hydrogens (tertiary/aromatic N) is 1. The highest BCUT2D eigenvalue weighted by Gasteiger charge is 2.43. The van der Waals surface area contributed by atoms with Crippen LogP contribution < -0.4 is 5.32 Å². The number of carbonyl (C=O) groups excluding carboxylic acids is 2. The third-order valence-electron chi connectivity index (χ3n) is 5.82. The summed E-state index contributed by atoms with van der Waals surface area (Å²) in [6.07, 6.45) is 5.46. The van der Waals surface area contributed by atoms with Crippen molar-refractivity contribution in [3.05, 3.63) is 52.9 Å². The lowest BCUT2D eigenvalue weighted by molar-refractivity contribution is -0.132. The number of nitrogens with one attached hydrogen (secondary N) is 1. The minimum Gasteiger partial charge on any atom is -0.378 e. The molecule has 2 aliphatic heterocycles. The van der Waals surface area contributed by atoms with E-state index >= 15 is 0 Å². The van der Waals surface area contributed by atoms with E-state index in [-0.39, 0.29) is 23.5 Å². The van der Waals surface area contributed by atoms with E-state index in [4.69, 9.17) is 4.74 Å². The summed E-state index contributed by atoms with van der Waals surface area (Å²) in [5, 5.41) is 3.38. The van der Waals surface area contributed by atoms with Crippen molar-refractivity contribution in [2.75, 3.05) is 32.6 Å². The lowest BCUT2D eigenvalue weighted by Crippen LogP contribution is -2.47. The molecule has 1 saturated heterocycles. The predicted molar refractivity (Wildman–Crippen MR) is 110 cm³/mol. The van der Waals surface area contributed by atoms with Crippen molar-refractivity contribution in [3.63, 3.8) is 0 Å². The molecule has 2 heterocycles. The van der Waals surface area contributed by atoms with E-state index in [9.17, 15) is 9.59 Å². The first-order chi connectivity index (χ1) is 13.6. The van der Waals surface area contributed by atoms with Crippen LogP contribution >= 0.6 is 11.8 Å². The van der Waals surface area contributed by atoms with Gasteiger partial charge >= 0.3 is 0 Å². The van der Waals surface area contributed by atoms with E-state index in [2.05, 4.69) is 35.7 Å². The molecular weight excluding hydrogens is 372 g/mol. The van der Waals surface area contributed by atoms with Gasteiger partial charge in [-0.3, -0.25) is 9.59 Å². The maximum atomic E-state index is 13.5. The van der Waals surface area contributed by atoms with Crippen molar-refractivity contribution in [1.29, 1.82) is 0 Å². The smallest absolute Gasteiger partial charge is 0.252 e. The molecule has 1 N–H and O–H groups in total. The summed E-state index contributed by atoms with van der Waals surface area (Å²) in [7, 11) is 0. The molecule has 1 aromatic carbocycles. The van der Waals surface area contributed by atoms with Gasteiger partial charge in [0.05, 0.1) is 19.1 Å². The number of allylic oxidation sites excluding steroid dienone is 3. The maximum absolute atomic E-state index is 13.5. The van der Waals surface area contributed by atoms with Crippen molar-refractivity contribution < 1.29 is 14.3 Å². The number of fused-ring (bicyclic) bond motifs is 1.